The third-order valence-electron chi connectivity index (χ3n) is 9.96. The minimum absolute atomic E-state index is 0.0181. The Morgan fingerprint density at radius 3 is 2.53 bits per heavy atom. The van der Waals surface area contributed by atoms with Crippen LogP contribution in [0.25, 0.3) is 0 Å². The molecule has 1 spiro atoms. The highest BCUT2D eigenvalue weighted by molar-refractivity contribution is 9.11. The second kappa shape index (κ2) is 13.8. The van der Waals surface area contributed by atoms with Gasteiger partial charge in [-0.2, -0.15) is 0 Å². The van der Waals surface area contributed by atoms with E-state index < -0.39 is 41.7 Å². The molecule has 5 bridgehead atoms. The number of cyclic esters (lactones) is 1. The summed E-state index contributed by atoms with van der Waals surface area (Å²) in [6.45, 7) is 0.685. The van der Waals surface area contributed by atoms with Crippen LogP contribution in [0.4, 0.5) is 0 Å². The average molecular weight is 685 g/mol. The third-order valence-corrected chi connectivity index (χ3v) is 10.6. The summed E-state index contributed by atoms with van der Waals surface area (Å²) in [6, 6.07) is 8.27. The number of ether oxygens (including phenoxy) is 2. The molecule has 0 radical (unpaired) electrons. The molecule has 0 unspecified atom stereocenters. The van der Waals surface area contributed by atoms with Crippen LogP contribution in [0.1, 0.15) is 69.5 Å². The predicted octanol–water partition coefficient (Wildman–Crippen LogP) is 3.54. The van der Waals surface area contributed by atoms with E-state index in [0.717, 1.165) is 37.7 Å². The normalized spacial score (nSPS) is 33.6. The first-order valence-electron chi connectivity index (χ1n) is 16.3. The number of unbranched alkanes of at least 4 members (excludes halogenated alkanes) is 1. The number of aliphatic hydroxyl groups excluding tert-OH is 1. The highest BCUT2D eigenvalue weighted by Gasteiger charge is 2.75. The van der Waals surface area contributed by atoms with Crippen LogP contribution < -0.4 is 5.32 Å². The fourth-order valence-corrected chi connectivity index (χ4v) is 8.53. The van der Waals surface area contributed by atoms with Gasteiger partial charge >= 0.3 is 5.97 Å². The summed E-state index contributed by atoms with van der Waals surface area (Å²) in [6.07, 6.45) is 10.8. The predicted molar refractivity (Wildman–Crippen MR) is 169 cm³/mol. The Kier molecular flexibility index (Phi) is 9.77. The standard InChI is InChI=1S/C34H42BrN3O7/c35-24-20-34-28-27(29(24)45-34)33(43)44-25(22-12-4-1-5-13-22)21-36-26(40)16-8-3-9-17-37(23-14-6-2-7-15-23)32(42)30(34)38(31(28)41)18-10-11-19-39/h1,3-5,9,12-13,20,23,25,27-30,39H,2,6-8,10-11,14-19,21H2,(H,36,40)/b9-3-/t25-,27-,28+,29-,30-,34+/m0/s1. The van der Waals surface area contributed by atoms with Crippen molar-refractivity contribution in [2.45, 2.75) is 87.7 Å². The second-order valence-electron chi connectivity index (χ2n) is 12.7. The molecule has 6 atom stereocenters. The number of amides is 3. The van der Waals surface area contributed by atoms with Gasteiger partial charge < -0.3 is 29.7 Å². The first kappa shape index (κ1) is 31.9. The van der Waals surface area contributed by atoms with E-state index in [1.54, 1.807) is 4.90 Å². The van der Waals surface area contributed by atoms with Crippen LogP contribution in [0.15, 0.2) is 53.0 Å². The quantitative estimate of drug-likeness (QED) is 0.267. The van der Waals surface area contributed by atoms with E-state index >= 15 is 0 Å². The van der Waals surface area contributed by atoms with Crippen molar-refractivity contribution in [2.24, 2.45) is 11.8 Å². The fraction of sp³-hybridized carbons (Fsp3) is 0.588. The Morgan fingerprint density at radius 2 is 1.78 bits per heavy atom. The molecule has 1 aromatic rings. The molecule has 3 fully saturated rings. The van der Waals surface area contributed by atoms with Crippen molar-refractivity contribution in [3.63, 3.8) is 0 Å². The van der Waals surface area contributed by atoms with E-state index in [9.17, 15) is 24.3 Å². The van der Waals surface area contributed by atoms with Crippen molar-refractivity contribution >= 4 is 39.6 Å². The summed E-state index contributed by atoms with van der Waals surface area (Å²) in [5, 5.41) is 12.4. The van der Waals surface area contributed by atoms with Gasteiger partial charge in [0.2, 0.25) is 17.7 Å². The largest absolute Gasteiger partial charge is 0.455 e. The molecular formula is C34H42BrN3O7. The first-order valence-corrected chi connectivity index (χ1v) is 17.1. The van der Waals surface area contributed by atoms with Crippen molar-refractivity contribution in [3.8, 4) is 0 Å². The summed E-state index contributed by atoms with van der Waals surface area (Å²) < 4.78 is 13.4. The van der Waals surface area contributed by atoms with Gasteiger partial charge in [-0.25, -0.2) is 0 Å². The lowest BCUT2D eigenvalue weighted by Gasteiger charge is -2.40. The zero-order chi connectivity index (χ0) is 31.6. The van der Waals surface area contributed by atoms with Gasteiger partial charge in [0.15, 0.2) is 0 Å². The second-order valence-corrected chi connectivity index (χ2v) is 13.6. The van der Waals surface area contributed by atoms with Gasteiger partial charge in [-0.05, 0) is 43.7 Å². The Labute approximate surface area is 272 Å². The lowest BCUT2D eigenvalue weighted by atomic mass is 9.74. The molecule has 4 aliphatic heterocycles. The number of likely N-dealkylation sites (tertiary alicyclic amines) is 1. The van der Waals surface area contributed by atoms with Crippen molar-refractivity contribution in [1.29, 1.82) is 0 Å². The zero-order valence-electron chi connectivity index (χ0n) is 25.4. The first-order chi connectivity index (χ1) is 21.9. The number of esters is 1. The fourth-order valence-electron chi connectivity index (χ4n) is 7.80. The number of aliphatic hydroxyl groups is 1. The lowest BCUT2D eigenvalue weighted by molar-refractivity contribution is -0.160. The van der Waals surface area contributed by atoms with Gasteiger partial charge in [0, 0.05) is 36.6 Å². The number of carbonyl (C=O) groups excluding carboxylic acids is 4. The molecule has 2 N–H and O–H groups in total. The van der Waals surface area contributed by atoms with Crippen molar-refractivity contribution < 1.29 is 33.8 Å². The highest BCUT2D eigenvalue weighted by atomic mass is 79.9. The molecule has 2 saturated heterocycles. The summed E-state index contributed by atoms with van der Waals surface area (Å²) >= 11 is 3.61. The van der Waals surface area contributed by atoms with Crippen molar-refractivity contribution in [1.82, 2.24) is 15.1 Å². The number of rotatable bonds is 6. The van der Waals surface area contributed by atoms with E-state index in [1.807, 2.05) is 53.5 Å². The Bertz CT molecular complexity index is 1350. The molecule has 1 aliphatic carbocycles. The average Bonchev–Trinajstić information content (AvgIpc) is 3.64. The maximum absolute atomic E-state index is 14.8. The number of hydrogen-bond donors (Lipinski definition) is 2. The van der Waals surface area contributed by atoms with Crippen molar-refractivity contribution in [2.75, 3.05) is 26.2 Å². The summed E-state index contributed by atoms with van der Waals surface area (Å²) in [7, 11) is 0. The van der Waals surface area contributed by atoms with Crippen LogP contribution in [0, 0.1) is 11.8 Å². The minimum atomic E-state index is -1.33. The van der Waals surface area contributed by atoms with Crippen molar-refractivity contribution in [3.05, 3.63) is 58.6 Å². The molecule has 11 heteroatoms. The van der Waals surface area contributed by atoms with Gasteiger partial charge in [0.1, 0.15) is 29.8 Å². The van der Waals surface area contributed by atoms with Crippen LogP contribution in [0.5, 0.6) is 0 Å². The molecule has 45 heavy (non-hydrogen) atoms. The Hall–Kier alpha value is -3.02. The van der Waals surface area contributed by atoms with Gasteiger partial charge in [0.05, 0.1) is 12.5 Å². The van der Waals surface area contributed by atoms with Crippen LogP contribution >= 0.6 is 15.9 Å². The van der Waals surface area contributed by atoms with Crippen LogP contribution in [0.3, 0.4) is 0 Å². The SMILES string of the molecule is O=C1CC/C=C\CN(C2CCCCC2)C(=O)[C@@H]2N(CCCCO)C(=O)[C@H]3[C@H](C(=O)O[C@H](c4ccccc4)CN1)[C@H]1O[C@@]23C=C1Br. The molecule has 5 aliphatic rings. The van der Waals surface area contributed by atoms with E-state index in [2.05, 4.69) is 21.2 Å². The van der Waals surface area contributed by atoms with Gasteiger partial charge in [-0.3, -0.25) is 19.2 Å². The Morgan fingerprint density at radius 1 is 1.00 bits per heavy atom. The van der Waals surface area contributed by atoms with Crippen LogP contribution in [-0.4, -0.2) is 88.6 Å². The molecule has 3 amide bonds. The minimum Gasteiger partial charge on any atom is -0.455 e. The molecule has 0 aromatic heterocycles. The maximum atomic E-state index is 14.8. The smallest absolute Gasteiger partial charge is 0.313 e. The van der Waals surface area contributed by atoms with Gasteiger partial charge in [-0.1, -0.05) is 77.7 Å². The topological polar surface area (TPSA) is 125 Å². The van der Waals surface area contributed by atoms with E-state index in [4.69, 9.17) is 9.47 Å². The highest BCUT2D eigenvalue weighted by Crippen LogP contribution is 2.59. The summed E-state index contributed by atoms with van der Waals surface area (Å²) in [5.74, 6) is -3.19. The third kappa shape index (κ3) is 6.11. The number of benzene rings is 1. The molecule has 242 valence electrons. The zero-order valence-corrected chi connectivity index (χ0v) is 27.0. The maximum Gasteiger partial charge on any atom is 0.313 e. The summed E-state index contributed by atoms with van der Waals surface area (Å²) in [4.78, 5) is 59.6. The number of nitrogens with one attached hydrogen (secondary N) is 1. The molecule has 1 aromatic carbocycles. The number of carbonyl (C=O) groups is 4. The number of fused-ring (bicyclic) bond motifs is 2. The number of nitrogens with zero attached hydrogens (tertiary/aromatic N) is 2. The number of halogens is 1. The van der Waals surface area contributed by atoms with Gasteiger partial charge in [0.25, 0.3) is 0 Å². The van der Waals surface area contributed by atoms with Crippen LogP contribution in [-0.2, 0) is 28.7 Å². The molecule has 6 rings (SSSR count). The molecule has 1 saturated carbocycles. The lowest BCUT2D eigenvalue weighted by Crippen LogP contribution is -2.58. The number of hydrogen-bond acceptors (Lipinski definition) is 7. The molecular weight excluding hydrogens is 642 g/mol. The van der Waals surface area contributed by atoms with E-state index in [0.29, 0.717) is 30.3 Å². The Balaban J connectivity index is 1.41. The monoisotopic (exact) mass is 683 g/mol. The van der Waals surface area contributed by atoms with E-state index in [1.165, 1.54) is 0 Å². The number of allylic oxidation sites excluding steroid dienone is 1. The molecule has 10 nitrogen and oxygen atoms in total. The van der Waals surface area contributed by atoms with Crippen LogP contribution in [0.2, 0.25) is 0 Å². The summed E-state index contributed by atoms with van der Waals surface area (Å²) in [5.41, 5.74) is -0.612. The van der Waals surface area contributed by atoms with E-state index in [-0.39, 0.29) is 49.9 Å². The molecule has 4 heterocycles. The van der Waals surface area contributed by atoms with Gasteiger partial charge in [-0.15, -0.1) is 0 Å².